The number of fused-ring (bicyclic) bond motifs is 1. The molecule has 25 heavy (non-hydrogen) atoms. The van der Waals surface area contributed by atoms with Crippen LogP contribution in [0.15, 0.2) is 36.5 Å². The van der Waals surface area contributed by atoms with Gasteiger partial charge in [0.05, 0.1) is 11.3 Å². The maximum absolute atomic E-state index is 12.9. The van der Waals surface area contributed by atoms with Crippen LogP contribution in [-0.4, -0.2) is 44.8 Å². The predicted octanol–water partition coefficient (Wildman–Crippen LogP) is 3.09. The first kappa shape index (κ1) is 16.3. The SMILES string of the molecule is CC[C@]1(O)CCC[C@H]2CN(C(=O)c3ccc(-c4ccn[nH]4)cc3)C[C@H]21. The highest BCUT2D eigenvalue weighted by Crippen LogP contribution is 2.44. The van der Waals surface area contributed by atoms with Gasteiger partial charge < -0.3 is 10.0 Å². The summed E-state index contributed by atoms with van der Waals surface area (Å²) in [5, 5.41) is 17.8. The first-order valence-electron chi connectivity index (χ1n) is 9.22. The van der Waals surface area contributed by atoms with E-state index in [2.05, 4.69) is 17.1 Å². The maximum atomic E-state index is 12.9. The summed E-state index contributed by atoms with van der Waals surface area (Å²) in [5.74, 6) is 0.732. The van der Waals surface area contributed by atoms with Crippen molar-refractivity contribution >= 4 is 5.91 Å². The molecular formula is C20H25N3O2. The normalized spacial score (nSPS) is 28.8. The zero-order valence-electron chi connectivity index (χ0n) is 14.6. The molecule has 2 aromatic rings. The van der Waals surface area contributed by atoms with Gasteiger partial charge in [0, 0.05) is 30.8 Å². The molecule has 5 nitrogen and oxygen atoms in total. The Kier molecular flexibility index (Phi) is 4.12. The minimum atomic E-state index is -0.595. The molecule has 1 amide bonds. The number of aromatic nitrogens is 2. The molecule has 2 N–H and O–H groups in total. The molecule has 1 aromatic heterocycles. The van der Waals surface area contributed by atoms with Gasteiger partial charge in [0.15, 0.2) is 0 Å². The van der Waals surface area contributed by atoms with Crippen LogP contribution in [0, 0.1) is 11.8 Å². The lowest BCUT2D eigenvalue weighted by molar-refractivity contribution is -0.0609. The number of H-pyrrole nitrogens is 1. The van der Waals surface area contributed by atoms with Crippen molar-refractivity contribution in [2.24, 2.45) is 11.8 Å². The third-order valence-corrected chi connectivity index (χ3v) is 6.16. The molecule has 1 saturated carbocycles. The van der Waals surface area contributed by atoms with Crippen molar-refractivity contribution in [2.75, 3.05) is 13.1 Å². The number of benzene rings is 1. The van der Waals surface area contributed by atoms with Crippen molar-refractivity contribution in [3.05, 3.63) is 42.1 Å². The standard InChI is InChI=1S/C20H25N3O2/c1-2-20(25)10-3-4-16-12-23(13-17(16)20)19(24)15-7-5-14(6-8-15)18-9-11-21-22-18/h5-9,11,16-17,25H,2-4,10,12-13H2,1H3,(H,21,22)/t16-,17+,20-/m0/s1. The quantitative estimate of drug-likeness (QED) is 0.903. The molecule has 1 aromatic carbocycles. The van der Waals surface area contributed by atoms with Crippen LogP contribution in [0.3, 0.4) is 0 Å². The van der Waals surface area contributed by atoms with Crippen LogP contribution in [0.25, 0.3) is 11.3 Å². The van der Waals surface area contributed by atoms with E-state index < -0.39 is 5.60 Å². The molecule has 2 fully saturated rings. The van der Waals surface area contributed by atoms with Crippen LogP contribution in [0.4, 0.5) is 0 Å². The van der Waals surface area contributed by atoms with Crippen molar-refractivity contribution in [3.63, 3.8) is 0 Å². The molecule has 0 unspecified atom stereocenters. The number of amides is 1. The number of hydrogen-bond acceptors (Lipinski definition) is 3. The molecule has 3 atom stereocenters. The Morgan fingerprint density at radius 1 is 1.32 bits per heavy atom. The van der Waals surface area contributed by atoms with Crippen LogP contribution in [-0.2, 0) is 0 Å². The number of hydrogen-bond donors (Lipinski definition) is 2. The fourth-order valence-electron chi connectivity index (χ4n) is 4.62. The van der Waals surface area contributed by atoms with E-state index >= 15 is 0 Å². The second-order valence-electron chi connectivity index (χ2n) is 7.47. The van der Waals surface area contributed by atoms with Crippen LogP contribution in [0.2, 0.25) is 0 Å². The molecule has 5 heteroatoms. The Morgan fingerprint density at radius 2 is 2.12 bits per heavy atom. The van der Waals surface area contributed by atoms with E-state index in [0.717, 1.165) is 43.5 Å². The number of nitrogens with one attached hydrogen (secondary N) is 1. The molecule has 1 aliphatic heterocycles. The number of carbonyl (C=O) groups is 1. The summed E-state index contributed by atoms with van der Waals surface area (Å²) in [5.41, 5.74) is 2.08. The van der Waals surface area contributed by atoms with Gasteiger partial charge in [0.1, 0.15) is 0 Å². The highest BCUT2D eigenvalue weighted by Gasteiger charge is 2.48. The zero-order valence-corrected chi connectivity index (χ0v) is 14.6. The minimum Gasteiger partial charge on any atom is -0.390 e. The van der Waals surface area contributed by atoms with E-state index in [0.29, 0.717) is 18.0 Å². The van der Waals surface area contributed by atoms with Crippen LogP contribution in [0.5, 0.6) is 0 Å². The minimum absolute atomic E-state index is 0.0732. The third-order valence-electron chi connectivity index (χ3n) is 6.16. The van der Waals surface area contributed by atoms with E-state index in [4.69, 9.17) is 0 Å². The van der Waals surface area contributed by atoms with E-state index in [1.54, 1.807) is 6.20 Å². The van der Waals surface area contributed by atoms with Crippen LogP contribution < -0.4 is 0 Å². The Balaban J connectivity index is 1.50. The van der Waals surface area contributed by atoms with Gasteiger partial charge in [-0.05, 0) is 48.9 Å². The van der Waals surface area contributed by atoms with Gasteiger partial charge in [-0.25, -0.2) is 0 Å². The Morgan fingerprint density at radius 3 is 2.80 bits per heavy atom. The van der Waals surface area contributed by atoms with Crippen LogP contribution >= 0.6 is 0 Å². The lowest BCUT2D eigenvalue weighted by Gasteiger charge is -2.40. The van der Waals surface area contributed by atoms with Gasteiger partial charge in [-0.15, -0.1) is 0 Å². The molecule has 0 spiro atoms. The van der Waals surface area contributed by atoms with Crippen molar-refractivity contribution < 1.29 is 9.90 Å². The van der Waals surface area contributed by atoms with E-state index in [1.165, 1.54) is 0 Å². The Labute approximate surface area is 148 Å². The smallest absolute Gasteiger partial charge is 0.253 e. The van der Waals surface area contributed by atoms with Gasteiger partial charge in [0.2, 0.25) is 0 Å². The number of aliphatic hydroxyl groups is 1. The van der Waals surface area contributed by atoms with Crippen molar-refractivity contribution in [3.8, 4) is 11.3 Å². The second kappa shape index (κ2) is 6.30. The number of nitrogens with zero attached hydrogens (tertiary/aromatic N) is 2. The Hall–Kier alpha value is -2.14. The fraction of sp³-hybridized carbons (Fsp3) is 0.500. The van der Waals surface area contributed by atoms with Crippen LogP contribution in [0.1, 0.15) is 43.0 Å². The summed E-state index contributed by atoms with van der Waals surface area (Å²) < 4.78 is 0. The largest absolute Gasteiger partial charge is 0.390 e. The highest BCUT2D eigenvalue weighted by atomic mass is 16.3. The summed E-state index contributed by atoms with van der Waals surface area (Å²) in [6.45, 7) is 3.51. The summed E-state index contributed by atoms with van der Waals surface area (Å²) in [6, 6.07) is 9.57. The number of likely N-dealkylation sites (tertiary alicyclic amines) is 1. The third kappa shape index (κ3) is 2.86. The number of carbonyl (C=O) groups excluding carboxylic acids is 1. The second-order valence-corrected chi connectivity index (χ2v) is 7.47. The van der Waals surface area contributed by atoms with E-state index in [1.807, 2.05) is 35.2 Å². The summed E-state index contributed by atoms with van der Waals surface area (Å²) in [6.07, 6.45) is 5.54. The number of rotatable bonds is 3. The molecule has 1 saturated heterocycles. The monoisotopic (exact) mass is 339 g/mol. The lowest BCUT2D eigenvalue weighted by atomic mass is 9.69. The molecule has 4 rings (SSSR count). The lowest BCUT2D eigenvalue weighted by Crippen LogP contribution is -2.44. The molecular weight excluding hydrogens is 314 g/mol. The number of aromatic amines is 1. The predicted molar refractivity (Wildman–Crippen MR) is 96.0 cm³/mol. The average Bonchev–Trinajstić information content (AvgIpc) is 3.32. The molecule has 0 bridgehead atoms. The molecule has 1 aliphatic carbocycles. The maximum Gasteiger partial charge on any atom is 0.253 e. The van der Waals surface area contributed by atoms with E-state index in [-0.39, 0.29) is 11.8 Å². The van der Waals surface area contributed by atoms with Gasteiger partial charge >= 0.3 is 0 Å². The first-order chi connectivity index (χ1) is 12.1. The van der Waals surface area contributed by atoms with Gasteiger partial charge in [-0.2, -0.15) is 5.10 Å². The molecule has 2 aliphatic rings. The fourth-order valence-corrected chi connectivity index (χ4v) is 4.62. The average molecular weight is 339 g/mol. The molecule has 0 radical (unpaired) electrons. The summed E-state index contributed by atoms with van der Waals surface area (Å²) in [7, 11) is 0. The summed E-state index contributed by atoms with van der Waals surface area (Å²) in [4.78, 5) is 14.8. The van der Waals surface area contributed by atoms with Gasteiger partial charge in [-0.1, -0.05) is 25.5 Å². The van der Waals surface area contributed by atoms with Gasteiger partial charge in [0.25, 0.3) is 5.91 Å². The van der Waals surface area contributed by atoms with Crippen molar-refractivity contribution in [1.82, 2.24) is 15.1 Å². The zero-order chi connectivity index (χ0) is 17.4. The summed E-state index contributed by atoms with van der Waals surface area (Å²) >= 11 is 0. The first-order valence-corrected chi connectivity index (χ1v) is 9.22. The molecule has 2 heterocycles. The topological polar surface area (TPSA) is 69.2 Å². The van der Waals surface area contributed by atoms with E-state index in [9.17, 15) is 9.90 Å². The Bertz CT molecular complexity index is 741. The molecule has 132 valence electrons. The van der Waals surface area contributed by atoms with Crippen molar-refractivity contribution in [1.29, 1.82) is 0 Å². The highest BCUT2D eigenvalue weighted by molar-refractivity contribution is 5.94. The van der Waals surface area contributed by atoms with Gasteiger partial charge in [-0.3, -0.25) is 9.89 Å². The van der Waals surface area contributed by atoms with Crippen molar-refractivity contribution in [2.45, 2.75) is 38.2 Å².